The average Bonchev–Trinajstić information content (AvgIpc) is 3.10. The van der Waals surface area contributed by atoms with Crippen molar-refractivity contribution in [2.45, 2.75) is 63.9 Å². The number of amides is 1. The number of aromatic nitrogens is 1. The lowest BCUT2D eigenvalue weighted by molar-refractivity contribution is -0.105. The number of morpholine rings is 1. The van der Waals surface area contributed by atoms with Gasteiger partial charge >= 0.3 is 0 Å². The largest absolute Gasteiger partial charge is 0.448 e. The number of pyridine rings is 1. The number of hydrogen-bond donors (Lipinski definition) is 1. The minimum absolute atomic E-state index is 0.160. The molecule has 7 nitrogen and oxygen atoms in total. The first kappa shape index (κ1) is 20.1. The van der Waals surface area contributed by atoms with Gasteiger partial charge in [0.05, 0.1) is 17.8 Å². The highest BCUT2D eigenvalue weighted by molar-refractivity contribution is 6.04. The fraction of sp³-hybridized carbons (Fsp3) is 0.500. The van der Waals surface area contributed by atoms with Crippen LogP contribution in [-0.2, 0) is 4.74 Å². The molecule has 0 bridgehead atoms. The molecule has 1 amide bonds. The van der Waals surface area contributed by atoms with Crippen molar-refractivity contribution >= 4 is 17.4 Å². The van der Waals surface area contributed by atoms with Gasteiger partial charge < -0.3 is 24.4 Å². The number of carbonyl (C=O) groups is 1. The Morgan fingerprint density at radius 1 is 1.03 bits per heavy atom. The predicted octanol–water partition coefficient (Wildman–Crippen LogP) is 4.38. The van der Waals surface area contributed by atoms with E-state index in [0.29, 0.717) is 17.0 Å². The fourth-order valence-electron chi connectivity index (χ4n) is 4.74. The summed E-state index contributed by atoms with van der Waals surface area (Å²) < 4.78 is 18.1. The fourth-order valence-corrected chi connectivity index (χ4v) is 4.74. The molecule has 3 aliphatic rings. The van der Waals surface area contributed by atoms with E-state index >= 15 is 0 Å². The molecule has 1 spiro atoms. The van der Waals surface area contributed by atoms with Crippen LogP contribution in [0.1, 0.15) is 56.3 Å². The Morgan fingerprint density at radius 2 is 1.77 bits per heavy atom. The summed E-state index contributed by atoms with van der Waals surface area (Å²) in [6, 6.07) is 9.27. The summed E-state index contributed by atoms with van der Waals surface area (Å²) in [6.07, 6.45) is 7.21. The van der Waals surface area contributed by atoms with E-state index < -0.39 is 5.79 Å². The number of hydrogen-bond acceptors (Lipinski definition) is 6. The van der Waals surface area contributed by atoms with Crippen molar-refractivity contribution in [2.75, 3.05) is 23.3 Å². The zero-order valence-electron chi connectivity index (χ0n) is 18.1. The molecule has 1 aromatic carbocycles. The lowest BCUT2D eigenvalue weighted by atomic mass is 9.94. The summed E-state index contributed by atoms with van der Waals surface area (Å²) in [6.45, 7) is 5.71. The molecule has 3 heterocycles. The SMILES string of the molecule is CC1CN(c2ccc(C(=O)Nc3ccc4c(c3)OC3(CCCCC3)O4)cn2)CC(C)O1. The molecule has 7 heteroatoms. The molecule has 31 heavy (non-hydrogen) atoms. The Labute approximate surface area is 182 Å². The number of fused-ring (bicyclic) bond motifs is 1. The Hall–Kier alpha value is -2.80. The number of anilines is 2. The molecule has 1 saturated carbocycles. The average molecular weight is 424 g/mol. The molecule has 2 aromatic rings. The summed E-state index contributed by atoms with van der Waals surface area (Å²) in [5.41, 5.74) is 1.19. The topological polar surface area (TPSA) is 72.9 Å². The highest BCUT2D eigenvalue weighted by Gasteiger charge is 2.42. The van der Waals surface area contributed by atoms with Crippen molar-refractivity contribution in [1.29, 1.82) is 0 Å². The third kappa shape index (κ3) is 4.19. The van der Waals surface area contributed by atoms with Crippen molar-refractivity contribution in [3.8, 4) is 11.5 Å². The van der Waals surface area contributed by atoms with E-state index in [4.69, 9.17) is 14.2 Å². The van der Waals surface area contributed by atoms with Crippen LogP contribution < -0.4 is 19.7 Å². The summed E-state index contributed by atoms with van der Waals surface area (Å²) in [7, 11) is 0. The highest BCUT2D eigenvalue weighted by Crippen LogP contribution is 2.46. The molecule has 2 aliphatic heterocycles. The molecular formula is C24H29N3O4. The van der Waals surface area contributed by atoms with Gasteiger partial charge in [0.2, 0.25) is 0 Å². The molecule has 5 rings (SSSR count). The Kier molecular flexibility index (Phi) is 5.22. The number of ether oxygens (including phenoxy) is 3. The van der Waals surface area contributed by atoms with Crippen LogP contribution in [0.3, 0.4) is 0 Å². The van der Waals surface area contributed by atoms with Gasteiger partial charge in [0.15, 0.2) is 11.5 Å². The van der Waals surface area contributed by atoms with Gasteiger partial charge in [0.1, 0.15) is 5.82 Å². The Bertz CT molecular complexity index is 946. The number of nitrogens with one attached hydrogen (secondary N) is 1. The first-order chi connectivity index (χ1) is 15.0. The van der Waals surface area contributed by atoms with Gasteiger partial charge in [-0.15, -0.1) is 0 Å². The predicted molar refractivity (Wildman–Crippen MR) is 118 cm³/mol. The molecule has 1 aliphatic carbocycles. The van der Waals surface area contributed by atoms with Crippen LogP contribution in [0.4, 0.5) is 11.5 Å². The summed E-state index contributed by atoms with van der Waals surface area (Å²) in [4.78, 5) is 19.5. The molecule has 1 N–H and O–H groups in total. The van der Waals surface area contributed by atoms with E-state index in [-0.39, 0.29) is 18.1 Å². The van der Waals surface area contributed by atoms with Crippen LogP contribution in [0, 0.1) is 0 Å². The third-order valence-electron chi connectivity index (χ3n) is 6.16. The van der Waals surface area contributed by atoms with Crippen LogP contribution in [0.25, 0.3) is 0 Å². The zero-order chi connectivity index (χ0) is 21.4. The summed E-state index contributed by atoms with van der Waals surface area (Å²) >= 11 is 0. The number of rotatable bonds is 3. The second kappa shape index (κ2) is 8.04. The van der Waals surface area contributed by atoms with Crippen LogP contribution in [-0.4, -0.2) is 42.0 Å². The van der Waals surface area contributed by atoms with Crippen LogP contribution in [0.15, 0.2) is 36.5 Å². The molecule has 2 unspecified atom stereocenters. The molecular weight excluding hydrogens is 394 g/mol. The van der Waals surface area contributed by atoms with Crippen molar-refractivity contribution in [3.05, 3.63) is 42.1 Å². The Morgan fingerprint density at radius 3 is 2.48 bits per heavy atom. The maximum absolute atomic E-state index is 12.7. The van der Waals surface area contributed by atoms with Crippen molar-refractivity contribution in [3.63, 3.8) is 0 Å². The van der Waals surface area contributed by atoms with Gasteiger partial charge in [-0.1, -0.05) is 6.42 Å². The normalized spacial score (nSPS) is 24.3. The van der Waals surface area contributed by atoms with E-state index in [2.05, 4.69) is 29.0 Å². The molecule has 1 aromatic heterocycles. The van der Waals surface area contributed by atoms with Crippen molar-refractivity contribution in [2.24, 2.45) is 0 Å². The Balaban J connectivity index is 1.24. The monoisotopic (exact) mass is 423 g/mol. The summed E-state index contributed by atoms with van der Waals surface area (Å²) in [5, 5.41) is 2.94. The van der Waals surface area contributed by atoms with E-state index in [1.807, 2.05) is 30.3 Å². The number of nitrogens with zero attached hydrogens (tertiary/aromatic N) is 2. The zero-order valence-corrected chi connectivity index (χ0v) is 18.1. The van der Waals surface area contributed by atoms with Gasteiger partial charge in [-0.05, 0) is 51.0 Å². The number of benzene rings is 1. The maximum atomic E-state index is 12.7. The van der Waals surface area contributed by atoms with Gasteiger partial charge in [-0.2, -0.15) is 0 Å². The van der Waals surface area contributed by atoms with Gasteiger partial charge in [0, 0.05) is 43.9 Å². The first-order valence-corrected chi connectivity index (χ1v) is 11.2. The maximum Gasteiger partial charge on any atom is 0.257 e. The highest BCUT2D eigenvalue weighted by atomic mass is 16.7. The van der Waals surface area contributed by atoms with E-state index in [9.17, 15) is 4.79 Å². The molecule has 1 saturated heterocycles. The van der Waals surface area contributed by atoms with Gasteiger partial charge in [-0.3, -0.25) is 4.79 Å². The van der Waals surface area contributed by atoms with E-state index in [0.717, 1.165) is 50.3 Å². The lowest BCUT2D eigenvalue weighted by Crippen LogP contribution is -2.45. The van der Waals surface area contributed by atoms with Crippen LogP contribution in [0.5, 0.6) is 11.5 Å². The summed E-state index contributed by atoms with van der Waals surface area (Å²) in [5.74, 6) is 1.59. The van der Waals surface area contributed by atoms with Gasteiger partial charge in [-0.25, -0.2) is 4.98 Å². The van der Waals surface area contributed by atoms with E-state index in [1.54, 1.807) is 6.20 Å². The minimum atomic E-state index is -0.516. The smallest absolute Gasteiger partial charge is 0.257 e. The molecule has 164 valence electrons. The second-order valence-electron chi connectivity index (χ2n) is 8.86. The molecule has 2 fully saturated rings. The quantitative estimate of drug-likeness (QED) is 0.790. The minimum Gasteiger partial charge on any atom is -0.448 e. The van der Waals surface area contributed by atoms with E-state index in [1.165, 1.54) is 6.42 Å². The van der Waals surface area contributed by atoms with Crippen molar-refractivity contribution < 1.29 is 19.0 Å². The second-order valence-corrected chi connectivity index (χ2v) is 8.86. The first-order valence-electron chi connectivity index (χ1n) is 11.2. The third-order valence-corrected chi connectivity index (χ3v) is 6.16. The standard InChI is InChI=1S/C24H29N3O4/c1-16-14-27(15-17(2)29-16)22-9-6-18(13-25-22)23(28)26-19-7-8-20-21(12-19)31-24(30-20)10-4-3-5-11-24/h6-9,12-13,16-17H,3-5,10-11,14-15H2,1-2H3,(H,26,28). The molecule has 2 atom stereocenters. The van der Waals surface area contributed by atoms with Crippen molar-refractivity contribution in [1.82, 2.24) is 4.98 Å². The van der Waals surface area contributed by atoms with Crippen LogP contribution >= 0.6 is 0 Å². The van der Waals surface area contributed by atoms with Gasteiger partial charge in [0.25, 0.3) is 11.7 Å². The lowest BCUT2D eigenvalue weighted by Gasteiger charge is -2.36. The molecule has 0 radical (unpaired) electrons. The van der Waals surface area contributed by atoms with Crippen LogP contribution in [0.2, 0.25) is 0 Å². The number of carbonyl (C=O) groups excluding carboxylic acids is 1.